The minimum atomic E-state index is -0.297. The van der Waals surface area contributed by atoms with E-state index < -0.39 is 0 Å². The van der Waals surface area contributed by atoms with Crippen molar-refractivity contribution in [3.8, 4) is 11.1 Å². The summed E-state index contributed by atoms with van der Waals surface area (Å²) in [6.07, 6.45) is 6.17. The van der Waals surface area contributed by atoms with Crippen molar-refractivity contribution < 1.29 is 23.9 Å². The average molecular weight is 520 g/mol. The van der Waals surface area contributed by atoms with E-state index in [1.54, 1.807) is 11.9 Å². The Labute approximate surface area is 224 Å². The van der Waals surface area contributed by atoms with Gasteiger partial charge in [-0.25, -0.2) is 4.79 Å². The second kappa shape index (κ2) is 13.9. The van der Waals surface area contributed by atoms with Gasteiger partial charge in [0.1, 0.15) is 5.60 Å². The third-order valence-corrected chi connectivity index (χ3v) is 6.24. The van der Waals surface area contributed by atoms with Gasteiger partial charge in [-0.2, -0.15) is 0 Å². The van der Waals surface area contributed by atoms with E-state index in [1.165, 1.54) is 25.8 Å². The van der Waals surface area contributed by atoms with E-state index in [0.717, 1.165) is 46.5 Å². The van der Waals surface area contributed by atoms with E-state index in [2.05, 4.69) is 23.8 Å². The molecule has 0 unspecified atom stereocenters. The molecule has 8 nitrogen and oxygen atoms in total. The lowest BCUT2D eigenvalue weighted by Gasteiger charge is -2.22. The second-order valence-electron chi connectivity index (χ2n) is 9.41. The molecule has 38 heavy (non-hydrogen) atoms. The molecule has 1 saturated carbocycles. The molecule has 2 N–H and O–H groups in total. The first-order valence-corrected chi connectivity index (χ1v) is 12.5. The third-order valence-electron chi connectivity index (χ3n) is 6.24. The van der Waals surface area contributed by atoms with Gasteiger partial charge in [0.15, 0.2) is 0 Å². The van der Waals surface area contributed by atoms with Crippen LogP contribution in [-0.2, 0) is 25.7 Å². The molecule has 2 aliphatic rings. The van der Waals surface area contributed by atoms with Gasteiger partial charge in [0, 0.05) is 37.0 Å². The quantitative estimate of drug-likeness (QED) is 0.310. The minimum absolute atomic E-state index is 0.00390. The molecule has 1 aliphatic heterocycles. The number of fused-ring (bicyclic) bond motifs is 1. The lowest BCUT2D eigenvalue weighted by molar-refractivity contribution is -0.151. The molecule has 0 spiro atoms. The number of carbonyl (C=O) groups is 4. The number of nitrogens with zero attached hydrogens (tertiary/aromatic N) is 1. The molecule has 1 fully saturated rings. The number of ether oxygens (including phenoxy) is 1. The summed E-state index contributed by atoms with van der Waals surface area (Å²) in [6, 6.07) is 13.4. The van der Waals surface area contributed by atoms with Crippen molar-refractivity contribution in [1.82, 2.24) is 10.2 Å². The number of anilines is 1. The Morgan fingerprint density at radius 3 is 2.13 bits per heavy atom. The van der Waals surface area contributed by atoms with E-state index >= 15 is 0 Å². The fourth-order valence-electron chi connectivity index (χ4n) is 4.36. The number of esters is 1. The van der Waals surface area contributed by atoms with Gasteiger partial charge in [0.2, 0.25) is 12.3 Å². The monoisotopic (exact) mass is 519 g/mol. The Bertz CT molecular complexity index is 1180. The normalized spacial score (nSPS) is 14.5. The van der Waals surface area contributed by atoms with Crippen molar-refractivity contribution in [2.24, 2.45) is 0 Å². The zero-order valence-corrected chi connectivity index (χ0v) is 22.6. The van der Waals surface area contributed by atoms with Gasteiger partial charge in [-0.3, -0.25) is 14.4 Å². The third kappa shape index (κ3) is 8.16. The highest BCUT2D eigenvalue weighted by Crippen LogP contribution is 2.34. The van der Waals surface area contributed by atoms with Gasteiger partial charge in [-0.1, -0.05) is 37.4 Å². The summed E-state index contributed by atoms with van der Waals surface area (Å²) in [7, 11) is 1.56. The number of nitrogens with one attached hydrogen (secondary N) is 2. The molecule has 1 heterocycles. The van der Waals surface area contributed by atoms with Crippen LogP contribution in [0, 0.1) is 0 Å². The molecule has 1 aliphatic carbocycles. The standard InChI is InChI=1S/C19H18N2O2.C9H14O2.C2H5NO/c1-12(2)21-11-18-16(5-4-6-17(18)19(21)23)14-7-9-15(10-8-14)20-13(3)22;1-3-8(10)11-9(2)6-4-5-7-9;1-3-2-4/h4-10H,1,11H2,2-3H3,(H,20,22);3H,1,4-7H2,2H3;2H,1H3,(H,3,4). The number of amides is 3. The van der Waals surface area contributed by atoms with Crippen LogP contribution in [0.3, 0.4) is 0 Å². The van der Waals surface area contributed by atoms with Crippen LogP contribution in [0.25, 0.3) is 11.1 Å². The summed E-state index contributed by atoms with van der Waals surface area (Å²) in [5.74, 6) is -0.389. The number of hydrogen-bond acceptors (Lipinski definition) is 5. The van der Waals surface area contributed by atoms with Crippen LogP contribution in [-0.4, -0.2) is 41.7 Å². The second-order valence-corrected chi connectivity index (χ2v) is 9.41. The highest BCUT2D eigenvalue weighted by molar-refractivity contribution is 6.01. The molecule has 0 bridgehead atoms. The Hall–Kier alpha value is -4.20. The molecule has 0 aromatic heterocycles. The van der Waals surface area contributed by atoms with E-state index in [0.29, 0.717) is 13.0 Å². The van der Waals surface area contributed by atoms with Crippen LogP contribution in [0.1, 0.15) is 62.4 Å². The van der Waals surface area contributed by atoms with Crippen molar-refractivity contribution in [2.45, 2.75) is 58.6 Å². The Morgan fingerprint density at radius 2 is 1.63 bits per heavy atom. The number of rotatable bonds is 6. The molecule has 2 aromatic rings. The summed E-state index contributed by atoms with van der Waals surface area (Å²) < 4.78 is 5.19. The van der Waals surface area contributed by atoms with E-state index in [1.807, 2.05) is 56.3 Å². The summed E-state index contributed by atoms with van der Waals surface area (Å²) in [6.45, 7) is 13.1. The first-order valence-electron chi connectivity index (χ1n) is 12.5. The summed E-state index contributed by atoms with van der Waals surface area (Å²) in [5, 5.41) is 5.00. The van der Waals surface area contributed by atoms with Gasteiger partial charge in [0.25, 0.3) is 5.91 Å². The molecule has 202 valence electrons. The van der Waals surface area contributed by atoms with Crippen molar-refractivity contribution in [2.75, 3.05) is 12.4 Å². The zero-order valence-electron chi connectivity index (χ0n) is 22.6. The van der Waals surface area contributed by atoms with Gasteiger partial charge in [-0.15, -0.1) is 0 Å². The van der Waals surface area contributed by atoms with Gasteiger partial charge < -0.3 is 20.3 Å². The predicted molar refractivity (Wildman–Crippen MR) is 149 cm³/mol. The van der Waals surface area contributed by atoms with Crippen molar-refractivity contribution in [1.29, 1.82) is 0 Å². The minimum Gasteiger partial charge on any atom is -0.456 e. The van der Waals surface area contributed by atoms with Crippen LogP contribution in [0.5, 0.6) is 0 Å². The van der Waals surface area contributed by atoms with Crippen LogP contribution in [0.4, 0.5) is 5.69 Å². The van der Waals surface area contributed by atoms with Gasteiger partial charge in [0.05, 0.1) is 6.54 Å². The largest absolute Gasteiger partial charge is 0.456 e. The fraction of sp³-hybridized carbons (Fsp3) is 0.333. The first kappa shape index (κ1) is 30.0. The summed E-state index contributed by atoms with van der Waals surface area (Å²) >= 11 is 0. The van der Waals surface area contributed by atoms with Crippen molar-refractivity contribution in [3.63, 3.8) is 0 Å². The van der Waals surface area contributed by atoms with Gasteiger partial charge >= 0.3 is 5.97 Å². The maximum atomic E-state index is 12.4. The van der Waals surface area contributed by atoms with Gasteiger partial charge in [-0.05, 0) is 74.4 Å². The van der Waals surface area contributed by atoms with E-state index in [-0.39, 0.29) is 23.4 Å². The highest BCUT2D eigenvalue weighted by Gasteiger charge is 2.32. The Balaban J connectivity index is 0.000000281. The fourth-order valence-corrected chi connectivity index (χ4v) is 4.36. The van der Waals surface area contributed by atoms with Crippen LogP contribution >= 0.6 is 0 Å². The number of carbonyl (C=O) groups excluding carboxylic acids is 4. The molecule has 2 aromatic carbocycles. The number of allylic oxidation sites excluding steroid dienone is 1. The lowest BCUT2D eigenvalue weighted by Crippen LogP contribution is -2.26. The van der Waals surface area contributed by atoms with Crippen molar-refractivity contribution in [3.05, 3.63) is 78.5 Å². The molecule has 8 heteroatoms. The number of hydrogen-bond donors (Lipinski definition) is 2. The lowest BCUT2D eigenvalue weighted by atomic mass is 9.97. The smallest absolute Gasteiger partial charge is 0.330 e. The Morgan fingerprint density at radius 1 is 1.05 bits per heavy atom. The molecule has 0 radical (unpaired) electrons. The molecule has 0 atom stereocenters. The van der Waals surface area contributed by atoms with Crippen LogP contribution < -0.4 is 10.6 Å². The average Bonchev–Trinajstić information content (AvgIpc) is 3.47. The Kier molecular flexibility index (Phi) is 11.0. The van der Waals surface area contributed by atoms with Crippen LogP contribution in [0.15, 0.2) is 67.4 Å². The molecule has 0 saturated heterocycles. The SMILES string of the molecule is C=C(C)N1Cc2c(cccc2-c2ccc(NC(C)=O)cc2)C1=O.C=CC(=O)OC1(C)CCCC1.CNC=O. The molecule has 4 rings (SSSR count). The molecular formula is C30H37N3O5. The van der Waals surface area contributed by atoms with E-state index in [9.17, 15) is 14.4 Å². The molecular weight excluding hydrogens is 482 g/mol. The van der Waals surface area contributed by atoms with E-state index in [4.69, 9.17) is 9.53 Å². The maximum absolute atomic E-state index is 12.4. The van der Waals surface area contributed by atoms with Crippen LogP contribution in [0.2, 0.25) is 0 Å². The topological polar surface area (TPSA) is 105 Å². The summed E-state index contributed by atoms with van der Waals surface area (Å²) in [5.41, 5.74) is 5.11. The highest BCUT2D eigenvalue weighted by atomic mass is 16.6. The summed E-state index contributed by atoms with van der Waals surface area (Å²) in [4.78, 5) is 45.1. The van der Waals surface area contributed by atoms with Crippen molar-refractivity contribution >= 4 is 29.9 Å². The first-order chi connectivity index (χ1) is 18.0. The zero-order chi connectivity index (χ0) is 28.3. The molecule has 3 amide bonds. The maximum Gasteiger partial charge on any atom is 0.330 e. The predicted octanol–water partition coefficient (Wildman–Crippen LogP) is 5.21. The number of benzene rings is 2.